The van der Waals surface area contributed by atoms with E-state index < -0.39 is 11.9 Å². The summed E-state index contributed by atoms with van der Waals surface area (Å²) in [5, 5.41) is 4.74. The molecule has 0 unspecified atom stereocenters. The van der Waals surface area contributed by atoms with Crippen LogP contribution in [0.5, 0.6) is 5.75 Å². The molecule has 0 bridgehead atoms. The second-order valence-electron chi connectivity index (χ2n) is 7.09. The van der Waals surface area contributed by atoms with E-state index in [2.05, 4.69) is 37.5 Å². The summed E-state index contributed by atoms with van der Waals surface area (Å²) in [6.07, 6.45) is 0. The van der Waals surface area contributed by atoms with Gasteiger partial charge in [-0.25, -0.2) is 4.79 Å². The van der Waals surface area contributed by atoms with Crippen molar-refractivity contribution in [2.75, 3.05) is 12.5 Å². The number of anilines is 1. The van der Waals surface area contributed by atoms with Gasteiger partial charge in [0, 0.05) is 5.69 Å². The lowest BCUT2D eigenvalue weighted by atomic mass is 9.85. The quantitative estimate of drug-likeness (QED) is 0.579. The maximum atomic E-state index is 12.0. The molecule has 2 aromatic carbocycles. The minimum Gasteiger partial charge on any atom is -0.473 e. The molecule has 6 nitrogen and oxygen atoms in total. The summed E-state index contributed by atoms with van der Waals surface area (Å²) >= 11 is 0. The molecule has 2 aromatic rings. The number of aryl methyl sites for hydroxylation is 1. The van der Waals surface area contributed by atoms with E-state index in [4.69, 9.17) is 10.5 Å². The zero-order valence-corrected chi connectivity index (χ0v) is 15.6. The maximum Gasteiger partial charge on any atom is 0.324 e. The first-order chi connectivity index (χ1) is 12.2. The minimum atomic E-state index is -0.650. The predicted octanol–water partition coefficient (Wildman–Crippen LogP) is 3.35. The summed E-state index contributed by atoms with van der Waals surface area (Å²) in [7, 11) is 0. The number of nitrogens with two attached hydrogens (primary N) is 1. The van der Waals surface area contributed by atoms with E-state index in [9.17, 15) is 9.59 Å². The number of carbonyl (C=O) groups is 2. The zero-order chi connectivity index (χ0) is 19.3. The highest BCUT2D eigenvalue weighted by Crippen LogP contribution is 2.31. The van der Waals surface area contributed by atoms with Crippen molar-refractivity contribution in [3.05, 3.63) is 59.2 Å². The number of nitrogen functional groups attached to an aromatic ring is 1. The van der Waals surface area contributed by atoms with Gasteiger partial charge in [-0.15, -0.1) is 0 Å². The second kappa shape index (κ2) is 7.91. The largest absolute Gasteiger partial charge is 0.473 e. The SMILES string of the molecule is Cc1ccc(OCNC(=O)NC(=O)c2ccccc2N)c(C(C)(C)C)c1. The highest BCUT2D eigenvalue weighted by molar-refractivity contribution is 6.07. The standard InChI is InChI=1S/C20H25N3O3/c1-13-9-10-17(15(11-13)20(2,3)4)26-12-22-19(25)23-18(24)14-7-5-6-8-16(14)21/h5-11H,12,21H2,1-4H3,(H2,22,23,24,25). The number of rotatable bonds is 4. The first kappa shape index (κ1) is 19.3. The van der Waals surface area contributed by atoms with Crippen molar-refractivity contribution in [1.29, 1.82) is 0 Å². The molecular formula is C20H25N3O3. The monoisotopic (exact) mass is 355 g/mol. The number of hydrogen-bond donors (Lipinski definition) is 3. The molecule has 26 heavy (non-hydrogen) atoms. The highest BCUT2D eigenvalue weighted by Gasteiger charge is 2.19. The van der Waals surface area contributed by atoms with Crippen LogP contribution in [0.3, 0.4) is 0 Å². The number of urea groups is 1. The topological polar surface area (TPSA) is 93.5 Å². The summed E-state index contributed by atoms with van der Waals surface area (Å²) in [6.45, 7) is 8.24. The van der Waals surface area contributed by atoms with E-state index in [1.165, 1.54) is 0 Å². The molecule has 138 valence electrons. The number of nitrogens with one attached hydrogen (secondary N) is 2. The predicted molar refractivity (Wildman–Crippen MR) is 102 cm³/mol. The molecule has 0 heterocycles. The number of ether oxygens (including phenoxy) is 1. The Kier molecular flexibility index (Phi) is 5.87. The summed E-state index contributed by atoms with van der Waals surface area (Å²) in [4.78, 5) is 23.9. The molecule has 6 heteroatoms. The van der Waals surface area contributed by atoms with E-state index in [0.717, 1.165) is 11.1 Å². The van der Waals surface area contributed by atoms with Crippen molar-refractivity contribution < 1.29 is 14.3 Å². The van der Waals surface area contributed by atoms with Crippen LogP contribution in [-0.4, -0.2) is 18.7 Å². The van der Waals surface area contributed by atoms with Crippen LogP contribution in [0.25, 0.3) is 0 Å². The van der Waals surface area contributed by atoms with Crippen LogP contribution in [0.1, 0.15) is 42.3 Å². The lowest BCUT2D eigenvalue weighted by Crippen LogP contribution is -2.41. The molecule has 0 aliphatic heterocycles. The number of carbonyl (C=O) groups excluding carboxylic acids is 2. The van der Waals surface area contributed by atoms with Gasteiger partial charge in [-0.3, -0.25) is 10.1 Å². The second-order valence-corrected chi connectivity index (χ2v) is 7.09. The van der Waals surface area contributed by atoms with Crippen LogP contribution in [0.4, 0.5) is 10.5 Å². The molecule has 0 aromatic heterocycles. The van der Waals surface area contributed by atoms with Crippen molar-refractivity contribution >= 4 is 17.6 Å². The van der Waals surface area contributed by atoms with Crippen LogP contribution in [0, 0.1) is 6.92 Å². The average molecular weight is 355 g/mol. The van der Waals surface area contributed by atoms with Crippen LogP contribution < -0.4 is 21.1 Å². The Morgan fingerprint density at radius 1 is 1.12 bits per heavy atom. The Morgan fingerprint density at radius 2 is 1.81 bits per heavy atom. The van der Waals surface area contributed by atoms with Crippen LogP contribution in [0.15, 0.2) is 42.5 Å². The van der Waals surface area contributed by atoms with E-state index in [1.54, 1.807) is 24.3 Å². The molecule has 0 spiro atoms. The van der Waals surface area contributed by atoms with Gasteiger partial charge in [-0.2, -0.15) is 0 Å². The van der Waals surface area contributed by atoms with Gasteiger partial charge in [0.15, 0.2) is 6.73 Å². The fourth-order valence-corrected chi connectivity index (χ4v) is 2.45. The van der Waals surface area contributed by atoms with Gasteiger partial charge in [-0.1, -0.05) is 50.6 Å². The van der Waals surface area contributed by atoms with Gasteiger partial charge in [0.05, 0.1) is 5.56 Å². The van der Waals surface area contributed by atoms with Crippen molar-refractivity contribution in [3.8, 4) is 5.75 Å². The third-order valence-electron chi connectivity index (χ3n) is 3.84. The normalized spacial score (nSPS) is 10.9. The van der Waals surface area contributed by atoms with Gasteiger partial charge in [-0.05, 0) is 36.1 Å². The third kappa shape index (κ3) is 4.99. The Balaban J connectivity index is 1.93. The fourth-order valence-electron chi connectivity index (χ4n) is 2.45. The van der Waals surface area contributed by atoms with Crippen LogP contribution in [0.2, 0.25) is 0 Å². The highest BCUT2D eigenvalue weighted by atomic mass is 16.5. The Labute approximate surface area is 153 Å². The Morgan fingerprint density at radius 3 is 2.46 bits per heavy atom. The van der Waals surface area contributed by atoms with Crippen LogP contribution in [-0.2, 0) is 5.41 Å². The van der Waals surface area contributed by atoms with E-state index in [0.29, 0.717) is 11.4 Å². The molecular weight excluding hydrogens is 330 g/mol. The molecule has 2 rings (SSSR count). The number of hydrogen-bond acceptors (Lipinski definition) is 4. The van der Waals surface area contributed by atoms with Gasteiger partial charge in [0.25, 0.3) is 5.91 Å². The van der Waals surface area contributed by atoms with Crippen molar-refractivity contribution in [3.63, 3.8) is 0 Å². The summed E-state index contributed by atoms with van der Waals surface area (Å²) in [5.41, 5.74) is 8.38. The third-order valence-corrected chi connectivity index (χ3v) is 3.84. The lowest BCUT2D eigenvalue weighted by molar-refractivity contribution is 0.0963. The first-order valence-corrected chi connectivity index (χ1v) is 8.36. The number of amides is 3. The number of imide groups is 1. The van der Waals surface area contributed by atoms with E-state index in [-0.39, 0.29) is 17.7 Å². The lowest BCUT2D eigenvalue weighted by Gasteiger charge is -2.23. The van der Waals surface area contributed by atoms with Gasteiger partial charge in [0.2, 0.25) is 0 Å². The van der Waals surface area contributed by atoms with Gasteiger partial charge < -0.3 is 15.8 Å². The molecule has 3 amide bonds. The summed E-state index contributed by atoms with van der Waals surface area (Å²) < 4.78 is 5.69. The fraction of sp³-hybridized carbons (Fsp3) is 0.300. The molecule has 0 saturated heterocycles. The molecule has 0 radical (unpaired) electrons. The first-order valence-electron chi connectivity index (χ1n) is 8.36. The molecule has 0 atom stereocenters. The minimum absolute atomic E-state index is 0.0600. The maximum absolute atomic E-state index is 12.0. The molecule has 0 saturated carbocycles. The smallest absolute Gasteiger partial charge is 0.324 e. The van der Waals surface area contributed by atoms with E-state index in [1.807, 2.05) is 19.1 Å². The van der Waals surface area contributed by atoms with E-state index >= 15 is 0 Å². The average Bonchev–Trinajstić information content (AvgIpc) is 2.55. The molecule has 0 aliphatic carbocycles. The Bertz CT molecular complexity index is 810. The van der Waals surface area contributed by atoms with Gasteiger partial charge in [0.1, 0.15) is 5.75 Å². The molecule has 0 fully saturated rings. The number of benzene rings is 2. The molecule has 4 N–H and O–H groups in total. The Hall–Kier alpha value is -3.02. The van der Waals surface area contributed by atoms with Crippen molar-refractivity contribution in [2.45, 2.75) is 33.1 Å². The zero-order valence-electron chi connectivity index (χ0n) is 15.6. The summed E-state index contributed by atoms with van der Waals surface area (Å²) in [6, 6.07) is 11.8. The number of para-hydroxylation sites is 1. The molecule has 0 aliphatic rings. The van der Waals surface area contributed by atoms with Crippen molar-refractivity contribution in [2.24, 2.45) is 0 Å². The van der Waals surface area contributed by atoms with Crippen molar-refractivity contribution in [1.82, 2.24) is 10.6 Å². The van der Waals surface area contributed by atoms with Crippen LogP contribution >= 0.6 is 0 Å². The summed E-state index contributed by atoms with van der Waals surface area (Å²) in [5.74, 6) is 0.133. The van der Waals surface area contributed by atoms with Gasteiger partial charge >= 0.3 is 6.03 Å².